The van der Waals surface area contributed by atoms with Gasteiger partial charge in [-0.25, -0.2) is 9.78 Å². The maximum absolute atomic E-state index is 12.6. The van der Waals surface area contributed by atoms with E-state index in [-0.39, 0.29) is 23.6 Å². The molecule has 1 fully saturated rings. The van der Waals surface area contributed by atoms with Gasteiger partial charge in [-0.15, -0.1) is 0 Å². The Bertz CT molecular complexity index is 1390. The zero-order valence-corrected chi connectivity index (χ0v) is 19.7. The average Bonchev–Trinajstić information content (AvgIpc) is 3.33. The Balaban J connectivity index is 1.54. The zero-order valence-electron chi connectivity index (χ0n) is 19.7. The molecule has 4 heterocycles. The predicted molar refractivity (Wildman–Crippen MR) is 134 cm³/mol. The quantitative estimate of drug-likeness (QED) is 0.439. The number of carbonyl (C=O) groups excluding carboxylic acids is 2. The summed E-state index contributed by atoms with van der Waals surface area (Å²) in [5.41, 5.74) is 11.7. The Hall–Kier alpha value is -4.27. The molecule has 9 nitrogen and oxygen atoms in total. The van der Waals surface area contributed by atoms with Crippen LogP contribution in [0.1, 0.15) is 41.7 Å². The molecule has 1 aliphatic rings. The number of hydrogen-bond acceptors (Lipinski definition) is 6. The molecule has 0 saturated carbocycles. The largest absolute Gasteiger partial charge is 0.383 e. The van der Waals surface area contributed by atoms with Crippen LogP contribution in [0, 0.1) is 0 Å². The van der Waals surface area contributed by atoms with Crippen LogP contribution in [0.2, 0.25) is 0 Å². The zero-order chi connectivity index (χ0) is 24.5. The number of pyridine rings is 1. The van der Waals surface area contributed by atoms with Crippen LogP contribution in [0.3, 0.4) is 0 Å². The number of nitrogens with zero attached hydrogens (tertiary/aromatic N) is 5. The average molecular weight is 470 g/mol. The highest BCUT2D eigenvalue weighted by Crippen LogP contribution is 2.34. The number of nitrogens with two attached hydrogens (primary N) is 1. The number of aromatic nitrogens is 4. The van der Waals surface area contributed by atoms with Gasteiger partial charge in [0.05, 0.1) is 23.1 Å². The van der Waals surface area contributed by atoms with E-state index in [1.807, 2.05) is 42.5 Å². The van der Waals surface area contributed by atoms with Gasteiger partial charge in [0.15, 0.2) is 11.4 Å². The summed E-state index contributed by atoms with van der Waals surface area (Å²) in [4.78, 5) is 35.9. The van der Waals surface area contributed by atoms with Gasteiger partial charge in [0.1, 0.15) is 5.82 Å². The number of benzene rings is 1. The second-order valence-electron chi connectivity index (χ2n) is 8.72. The van der Waals surface area contributed by atoms with Crippen molar-refractivity contribution < 1.29 is 9.59 Å². The van der Waals surface area contributed by atoms with Crippen molar-refractivity contribution in [1.82, 2.24) is 29.8 Å². The Morgan fingerprint density at radius 2 is 1.77 bits per heavy atom. The molecule has 1 aliphatic heterocycles. The van der Waals surface area contributed by atoms with E-state index in [0.717, 1.165) is 22.4 Å². The molecule has 0 bridgehead atoms. The van der Waals surface area contributed by atoms with Gasteiger partial charge in [-0.1, -0.05) is 36.4 Å². The van der Waals surface area contributed by atoms with Gasteiger partial charge in [-0.3, -0.25) is 9.78 Å². The number of urea groups is 1. The smallest absolute Gasteiger partial charge is 0.317 e. The molecular weight excluding hydrogens is 442 g/mol. The van der Waals surface area contributed by atoms with E-state index in [1.54, 1.807) is 24.3 Å². The van der Waals surface area contributed by atoms with Crippen molar-refractivity contribution in [2.75, 3.05) is 25.9 Å². The minimum atomic E-state index is -0.147. The number of piperidine rings is 1. The molecule has 5 rings (SSSR count). The summed E-state index contributed by atoms with van der Waals surface area (Å²) < 4.78 is 1.53. The van der Waals surface area contributed by atoms with E-state index in [4.69, 9.17) is 10.7 Å². The number of ketones is 1. The first-order chi connectivity index (χ1) is 17.0. The number of hydrogen-bond donors (Lipinski definition) is 2. The van der Waals surface area contributed by atoms with Crippen molar-refractivity contribution in [2.24, 2.45) is 0 Å². The first-order valence-corrected chi connectivity index (χ1v) is 11.6. The lowest BCUT2D eigenvalue weighted by Gasteiger charge is -2.32. The molecule has 3 N–H and O–H groups in total. The van der Waals surface area contributed by atoms with Gasteiger partial charge < -0.3 is 16.0 Å². The summed E-state index contributed by atoms with van der Waals surface area (Å²) in [6.07, 6.45) is 4.91. The van der Waals surface area contributed by atoms with Gasteiger partial charge in [0.2, 0.25) is 0 Å². The van der Waals surface area contributed by atoms with Crippen molar-refractivity contribution in [3.8, 4) is 22.4 Å². The lowest BCUT2D eigenvalue weighted by Crippen LogP contribution is -2.43. The highest BCUT2D eigenvalue weighted by Gasteiger charge is 2.30. The Morgan fingerprint density at radius 3 is 2.40 bits per heavy atom. The molecule has 0 spiro atoms. The van der Waals surface area contributed by atoms with Crippen LogP contribution in [0.15, 0.2) is 54.9 Å². The molecule has 4 aromatic rings. The molecule has 3 aromatic heterocycles. The third-order valence-electron chi connectivity index (χ3n) is 6.59. The predicted octanol–water partition coefficient (Wildman–Crippen LogP) is 3.76. The number of likely N-dealkylation sites (tertiary alicyclic amines) is 1. The Labute approximate surface area is 203 Å². The summed E-state index contributed by atoms with van der Waals surface area (Å²) in [5, 5.41) is 7.11. The summed E-state index contributed by atoms with van der Waals surface area (Å²) in [7, 11) is 1.63. The van der Waals surface area contributed by atoms with E-state index in [9.17, 15) is 9.59 Å². The number of carbonyl (C=O) groups is 2. The third-order valence-corrected chi connectivity index (χ3v) is 6.59. The highest BCUT2D eigenvalue weighted by molar-refractivity contribution is 6.00. The van der Waals surface area contributed by atoms with Crippen molar-refractivity contribution in [1.29, 1.82) is 0 Å². The van der Waals surface area contributed by atoms with Crippen LogP contribution in [0.25, 0.3) is 28.0 Å². The van der Waals surface area contributed by atoms with Crippen molar-refractivity contribution >= 4 is 23.3 Å². The van der Waals surface area contributed by atoms with Crippen molar-refractivity contribution in [2.45, 2.75) is 25.7 Å². The maximum atomic E-state index is 12.6. The monoisotopic (exact) mass is 469 g/mol. The summed E-state index contributed by atoms with van der Waals surface area (Å²) >= 11 is 0. The number of nitrogens with one attached hydrogen (secondary N) is 1. The third kappa shape index (κ3) is 4.09. The number of amides is 2. The minimum absolute atomic E-state index is 0.0171. The van der Waals surface area contributed by atoms with Gasteiger partial charge in [-0.05, 0) is 25.8 Å². The number of nitrogen functional groups attached to an aromatic ring is 1. The first-order valence-electron chi connectivity index (χ1n) is 11.6. The summed E-state index contributed by atoms with van der Waals surface area (Å²) in [6.45, 7) is 2.68. The van der Waals surface area contributed by atoms with Crippen LogP contribution >= 0.6 is 0 Å². The highest BCUT2D eigenvalue weighted by atomic mass is 16.2. The van der Waals surface area contributed by atoms with E-state index in [1.165, 1.54) is 11.4 Å². The van der Waals surface area contributed by atoms with Crippen LogP contribution in [0.5, 0.6) is 0 Å². The normalized spacial score (nSPS) is 14.3. The van der Waals surface area contributed by atoms with Crippen LogP contribution in [-0.2, 0) is 0 Å². The van der Waals surface area contributed by atoms with Gasteiger partial charge in [0.25, 0.3) is 0 Å². The van der Waals surface area contributed by atoms with Crippen LogP contribution in [0.4, 0.5) is 10.6 Å². The minimum Gasteiger partial charge on any atom is -0.383 e. The Kier molecular flexibility index (Phi) is 5.90. The molecule has 0 unspecified atom stereocenters. The number of Topliss-reactive ketones (excluding diaryl/α,β-unsaturated/α-hetero) is 1. The fourth-order valence-electron chi connectivity index (χ4n) is 4.74. The fourth-order valence-corrected chi connectivity index (χ4v) is 4.74. The second-order valence-corrected chi connectivity index (χ2v) is 8.72. The number of anilines is 1. The van der Waals surface area contributed by atoms with Gasteiger partial charge >= 0.3 is 6.03 Å². The molecule has 0 aliphatic carbocycles. The van der Waals surface area contributed by atoms with E-state index < -0.39 is 0 Å². The molecular formula is C26H27N7O2. The second kappa shape index (κ2) is 9.17. The number of fused-ring (bicyclic) bond motifs is 1. The standard InChI is InChI=1S/C26H27N7O2/c1-16(34)22-23(18-10-12-32(13-11-18)26(35)28-2)31-25-20(15-30-33(25)24(22)27)19-8-9-21(29-14-19)17-6-4-3-5-7-17/h3-9,14-15,18H,10-13,27H2,1-2H3,(H,28,35). The molecule has 0 radical (unpaired) electrons. The van der Waals surface area contributed by atoms with Crippen molar-refractivity contribution in [3.05, 3.63) is 66.1 Å². The van der Waals surface area contributed by atoms with Gasteiger partial charge in [0, 0.05) is 48.9 Å². The lowest BCUT2D eigenvalue weighted by molar-refractivity contribution is 0.101. The summed E-state index contributed by atoms with van der Waals surface area (Å²) in [5.74, 6) is 0.154. The van der Waals surface area contributed by atoms with Crippen LogP contribution in [-0.4, -0.2) is 56.4 Å². The lowest BCUT2D eigenvalue weighted by atomic mass is 9.89. The topological polar surface area (TPSA) is 119 Å². The SMILES string of the molecule is CNC(=O)N1CCC(c2nc3c(-c4ccc(-c5ccccc5)nc4)cnn3c(N)c2C(C)=O)CC1. The molecule has 178 valence electrons. The molecule has 1 saturated heterocycles. The van der Waals surface area contributed by atoms with E-state index >= 15 is 0 Å². The maximum Gasteiger partial charge on any atom is 0.317 e. The molecule has 0 atom stereocenters. The van der Waals surface area contributed by atoms with E-state index in [2.05, 4.69) is 15.4 Å². The van der Waals surface area contributed by atoms with Crippen LogP contribution < -0.4 is 11.1 Å². The number of rotatable bonds is 4. The Morgan fingerprint density at radius 1 is 1.03 bits per heavy atom. The fraction of sp³-hybridized carbons (Fsp3) is 0.269. The molecule has 2 amide bonds. The molecule has 1 aromatic carbocycles. The molecule has 9 heteroatoms. The summed E-state index contributed by atoms with van der Waals surface area (Å²) in [6, 6.07) is 13.8. The molecule has 35 heavy (non-hydrogen) atoms. The van der Waals surface area contributed by atoms with Crippen molar-refractivity contribution in [3.63, 3.8) is 0 Å². The van der Waals surface area contributed by atoms with E-state index in [0.29, 0.717) is 42.8 Å². The van der Waals surface area contributed by atoms with Gasteiger partial charge in [-0.2, -0.15) is 9.61 Å². The first kappa shape index (κ1) is 22.5.